The summed E-state index contributed by atoms with van der Waals surface area (Å²) in [6, 6.07) is 12.0. The summed E-state index contributed by atoms with van der Waals surface area (Å²) in [7, 11) is 0. The van der Waals surface area contributed by atoms with Gasteiger partial charge in [0.2, 0.25) is 0 Å². The average molecular weight is 302 g/mol. The minimum Gasteiger partial charge on any atom is -0.335 e. The van der Waals surface area contributed by atoms with E-state index in [9.17, 15) is 4.79 Å². The van der Waals surface area contributed by atoms with Gasteiger partial charge in [0.15, 0.2) is 0 Å². The molecule has 21 heavy (non-hydrogen) atoms. The highest BCUT2D eigenvalue weighted by molar-refractivity contribution is 7.10. The Morgan fingerprint density at radius 2 is 2.00 bits per heavy atom. The van der Waals surface area contributed by atoms with Crippen LogP contribution in [0.3, 0.4) is 0 Å². The van der Waals surface area contributed by atoms with Gasteiger partial charge in [-0.2, -0.15) is 4.37 Å². The Kier molecular flexibility index (Phi) is 4.47. The summed E-state index contributed by atoms with van der Waals surface area (Å²) in [5, 5.41) is 9.91. The monoisotopic (exact) mass is 302 g/mol. The number of rotatable bonds is 3. The van der Waals surface area contributed by atoms with Crippen molar-refractivity contribution in [2.75, 3.05) is 18.4 Å². The highest BCUT2D eigenvalue weighted by atomic mass is 32.1. The largest absolute Gasteiger partial charge is 0.335 e. The molecule has 0 radical (unpaired) electrons. The van der Waals surface area contributed by atoms with Gasteiger partial charge in [0, 0.05) is 17.7 Å². The Morgan fingerprint density at radius 1 is 1.24 bits per heavy atom. The van der Waals surface area contributed by atoms with Crippen molar-refractivity contribution in [1.29, 1.82) is 0 Å². The van der Waals surface area contributed by atoms with Gasteiger partial charge < -0.3 is 10.6 Å². The molecule has 1 aliphatic rings. The van der Waals surface area contributed by atoms with E-state index in [1.165, 1.54) is 11.5 Å². The molecule has 0 unspecified atom stereocenters. The van der Waals surface area contributed by atoms with Crippen molar-refractivity contribution in [2.24, 2.45) is 0 Å². The van der Waals surface area contributed by atoms with Crippen molar-refractivity contribution < 1.29 is 4.79 Å². The molecule has 0 bridgehead atoms. The highest BCUT2D eigenvalue weighted by Gasteiger charge is 2.15. The van der Waals surface area contributed by atoms with Gasteiger partial charge in [-0.15, -0.1) is 0 Å². The van der Waals surface area contributed by atoms with Gasteiger partial charge in [-0.3, -0.25) is 5.32 Å². The second kappa shape index (κ2) is 6.69. The van der Waals surface area contributed by atoms with E-state index in [0.717, 1.165) is 42.2 Å². The number of amides is 2. The van der Waals surface area contributed by atoms with Crippen LogP contribution in [0.1, 0.15) is 12.8 Å². The predicted molar refractivity (Wildman–Crippen MR) is 85.6 cm³/mol. The van der Waals surface area contributed by atoms with Gasteiger partial charge in [-0.05, 0) is 37.5 Å². The Labute approximate surface area is 127 Å². The molecule has 110 valence electrons. The first-order valence-electron chi connectivity index (χ1n) is 7.11. The molecule has 0 atom stereocenters. The summed E-state index contributed by atoms with van der Waals surface area (Å²) in [5.74, 6) is 0. The summed E-state index contributed by atoms with van der Waals surface area (Å²) in [6.45, 7) is 1.92. The van der Waals surface area contributed by atoms with Crippen LogP contribution < -0.4 is 16.0 Å². The van der Waals surface area contributed by atoms with E-state index in [0.29, 0.717) is 0 Å². The zero-order valence-corrected chi connectivity index (χ0v) is 12.5. The van der Waals surface area contributed by atoms with Crippen molar-refractivity contribution in [3.8, 4) is 11.3 Å². The molecule has 2 amide bonds. The maximum absolute atomic E-state index is 12.0. The Bertz CT molecular complexity index is 593. The number of benzene rings is 1. The molecule has 2 aromatic rings. The fourth-order valence-electron chi connectivity index (χ4n) is 2.38. The van der Waals surface area contributed by atoms with Gasteiger partial charge in [0.05, 0.1) is 5.69 Å². The lowest BCUT2D eigenvalue weighted by Crippen LogP contribution is -2.44. The normalized spacial score (nSPS) is 15.6. The molecule has 1 saturated heterocycles. The average Bonchev–Trinajstić information content (AvgIpc) is 2.97. The van der Waals surface area contributed by atoms with E-state index in [4.69, 9.17) is 0 Å². The standard InChI is InChI=1S/C15H18N4OS/c20-15(17-12-6-8-16-9-7-12)18-14-10-13(19-21-14)11-4-2-1-3-5-11/h1-5,10,12,16H,6-9H2,(H2,17,18,20). The minimum absolute atomic E-state index is 0.148. The smallest absolute Gasteiger partial charge is 0.320 e. The number of carbonyl (C=O) groups excluding carboxylic acids is 1. The van der Waals surface area contributed by atoms with Crippen molar-refractivity contribution >= 4 is 22.6 Å². The van der Waals surface area contributed by atoms with E-state index in [2.05, 4.69) is 20.3 Å². The molecule has 6 heteroatoms. The summed E-state index contributed by atoms with van der Waals surface area (Å²) in [5.41, 5.74) is 1.94. The minimum atomic E-state index is -0.148. The third kappa shape index (κ3) is 3.80. The molecule has 3 N–H and O–H groups in total. The van der Waals surface area contributed by atoms with E-state index in [-0.39, 0.29) is 12.1 Å². The summed E-state index contributed by atoms with van der Waals surface area (Å²) in [6.07, 6.45) is 1.96. The van der Waals surface area contributed by atoms with Gasteiger partial charge in [0.25, 0.3) is 0 Å². The second-order valence-corrected chi connectivity index (χ2v) is 5.87. The molecule has 5 nitrogen and oxygen atoms in total. The Balaban J connectivity index is 1.58. The van der Waals surface area contributed by atoms with Gasteiger partial charge in [-0.25, -0.2) is 4.79 Å². The number of hydrogen-bond donors (Lipinski definition) is 3. The Hall–Kier alpha value is -1.92. The number of nitrogens with zero attached hydrogens (tertiary/aromatic N) is 1. The quantitative estimate of drug-likeness (QED) is 0.816. The Morgan fingerprint density at radius 3 is 2.76 bits per heavy atom. The fourth-order valence-corrected chi connectivity index (χ4v) is 3.04. The molecule has 0 spiro atoms. The van der Waals surface area contributed by atoms with Crippen LogP contribution in [-0.4, -0.2) is 29.5 Å². The van der Waals surface area contributed by atoms with E-state index < -0.39 is 0 Å². The molecule has 1 aromatic heterocycles. The van der Waals surface area contributed by atoms with Crippen LogP contribution in [0.5, 0.6) is 0 Å². The number of piperidine rings is 1. The van der Waals surface area contributed by atoms with Crippen LogP contribution in [-0.2, 0) is 0 Å². The van der Waals surface area contributed by atoms with Crippen molar-refractivity contribution in [3.63, 3.8) is 0 Å². The van der Waals surface area contributed by atoms with Crippen LogP contribution in [0.4, 0.5) is 9.80 Å². The molecule has 1 aliphatic heterocycles. The van der Waals surface area contributed by atoms with Crippen molar-refractivity contribution in [3.05, 3.63) is 36.4 Å². The molecule has 0 saturated carbocycles. The van der Waals surface area contributed by atoms with Crippen molar-refractivity contribution in [2.45, 2.75) is 18.9 Å². The zero-order valence-electron chi connectivity index (χ0n) is 11.6. The van der Waals surface area contributed by atoms with E-state index in [1.54, 1.807) is 0 Å². The highest BCUT2D eigenvalue weighted by Crippen LogP contribution is 2.25. The van der Waals surface area contributed by atoms with E-state index >= 15 is 0 Å². The van der Waals surface area contributed by atoms with Crippen LogP contribution in [0.15, 0.2) is 36.4 Å². The number of carbonyl (C=O) groups is 1. The van der Waals surface area contributed by atoms with Gasteiger partial charge in [0.1, 0.15) is 5.00 Å². The summed E-state index contributed by atoms with van der Waals surface area (Å²) >= 11 is 1.30. The van der Waals surface area contributed by atoms with Crippen LogP contribution in [0.2, 0.25) is 0 Å². The summed E-state index contributed by atoms with van der Waals surface area (Å²) in [4.78, 5) is 12.0. The third-order valence-electron chi connectivity index (χ3n) is 3.49. The molecule has 1 aromatic carbocycles. The first-order chi connectivity index (χ1) is 10.3. The number of hydrogen-bond acceptors (Lipinski definition) is 4. The first kappa shape index (κ1) is 14.0. The van der Waals surface area contributed by atoms with Crippen LogP contribution in [0.25, 0.3) is 11.3 Å². The third-order valence-corrected chi connectivity index (χ3v) is 4.20. The fraction of sp³-hybridized carbons (Fsp3) is 0.333. The molecule has 2 heterocycles. The zero-order chi connectivity index (χ0) is 14.5. The second-order valence-electron chi connectivity index (χ2n) is 5.07. The lowest BCUT2D eigenvalue weighted by Gasteiger charge is -2.23. The van der Waals surface area contributed by atoms with Crippen LogP contribution >= 0.6 is 11.5 Å². The lowest BCUT2D eigenvalue weighted by atomic mass is 10.1. The van der Waals surface area contributed by atoms with Crippen molar-refractivity contribution in [1.82, 2.24) is 15.0 Å². The van der Waals surface area contributed by atoms with Gasteiger partial charge in [-0.1, -0.05) is 30.3 Å². The predicted octanol–water partition coefficient (Wildman–Crippen LogP) is 2.68. The number of aromatic nitrogens is 1. The summed E-state index contributed by atoms with van der Waals surface area (Å²) < 4.78 is 4.38. The molecule has 1 fully saturated rings. The number of nitrogens with one attached hydrogen (secondary N) is 3. The maximum atomic E-state index is 12.0. The number of anilines is 1. The number of urea groups is 1. The van der Waals surface area contributed by atoms with E-state index in [1.807, 2.05) is 36.4 Å². The van der Waals surface area contributed by atoms with Gasteiger partial charge >= 0.3 is 6.03 Å². The topological polar surface area (TPSA) is 66.0 Å². The maximum Gasteiger partial charge on any atom is 0.320 e. The molecule has 3 rings (SSSR count). The molecular weight excluding hydrogens is 284 g/mol. The first-order valence-corrected chi connectivity index (χ1v) is 7.89. The molecular formula is C15H18N4OS. The van der Waals surface area contributed by atoms with Crippen LogP contribution in [0, 0.1) is 0 Å². The lowest BCUT2D eigenvalue weighted by molar-refractivity contribution is 0.245. The molecule has 0 aliphatic carbocycles. The SMILES string of the molecule is O=C(Nc1cc(-c2ccccc2)ns1)NC1CCNCC1.